The largest absolute Gasteiger partial charge is 0.348 e. The lowest BCUT2D eigenvalue weighted by Gasteiger charge is -2.35. The van der Waals surface area contributed by atoms with E-state index in [-0.39, 0.29) is 11.6 Å². The Morgan fingerprint density at radius 3 is 2.46 bits per heavy atom. The molecule has 0 unspecified atom stereocenters. The summed E-state index contributed by atoms with van der Waals surface area (Å²) in [6.07, 6.45) is 2.01. The summed E-state index contributed by atoms with van der Waals surface area (Å²) in [5.41, 5.74) is 3.33. The molecule has 3 aromatic carbocycles. The van der Waals surface area contributed by atoms with E-state index in [1.165, 1.54) is 0 Å². The number of benzene rings is 3. The van der Waals surface area contributed by atoms with Gasteiger partial charge in [-0.2, -0.15) is 0 Å². The molecule has 2 heterocycles. The maximum absolute atomic E-state index is 13.6. The number of carbonyl (C=O) groups excluding carboxylic acids is 1. The van der Waals surface area contributed by atoms with Gasteiger partial charge in [-0.25, -0.2) is 9.78 Å². The highest BCUT2D eigenvalue weighted by Gasteiger charge is 2.25. The molecule has 0 spiro atoms. The average Bonchev–Trinajstić information content (AvgIpc) is 2.91. The van der Waals surface area contributed by atoms with Crippen molar-refractivity contribution in [3.63, 3.8) is 0 Å². The molecule has 0 aliphatic carbocycles. The van der Waals surface area contributed by atoms with E-state index in [0.29, 0.717) is 38.5 Å². The monoisotopic (exact) mass is 485 g/mol. The minimum atomic E-state index is -0.129. The normalized spacial score (nSPS) is 13.7. The number of thioether (sulfide) groups is 1. The Bertz CT molecular complexity index is 1400. The van der Waals surface area contributed by atoms with Crippen LogP contribution in [-0.2, 0) is 6.54 Å². The zero-order chi connectivity index (χ0) is 24.2. The Kier molecular flexibility index (Phi) is 6.72. The summed E-state index contributed by atoms with van der Waals surface area (Å²) in [7, 11) is 0. The van der Waals surface area contributed by atoms with Crippen molar-refractivity contribution in [2.45, 2.75) is 11.4 Å². The summed E-state index contributed by atoms with van der Waals surface area (Å²) in [5.74, 6) is 0.437. The highest BCUT2D eigenvalue weighted by Crippen LogP contribution is 2.20. The number of amides is 2. The quantitative estimate of drug-likeness (QED) is 0.421. The number of para-hydroxylation sites is 2. The number of rotatable bonds is 5. The van der Waals surface area contributed by atoms with Crippen LogP contribution in [0.3, 0.4) is 0 Å². The molecule has 178 valence electrons. The molecule has 2 amide bonds. The van der Waals surface area contributed by atoms with Gasteiger partial charge in [-0.3, -0.25) is 9.36 Å². The first-order chi connectivity index (χ1) is 17.1. The molecule has 7 nitrogen and oxygen atoms in total. The fraction of sp³-hybridized carbons (Fsp3) is 0.222. The third kappa shape index (κ3) is 5.02. The molecule has 1 N–H and O–H groups in total. The van der Waals surface area contributed by atoms with Gasteiger partial charge < -0.3 is 15.1 Å². The molecule has 4 aromatic rings. The van der Waals surface area contributed by atoms with Crippen LogP contribution >= 0.6 is 11.8 Å². The predicted molar refractivity (Wildman–Crippen MR) is 143 cm³/mol. The van der Waals surface area contributed by atoms with Crippen LogP contribution in [0.5, 0.6) is 0 Å². The van der Waals surface area contributed by atoms with E-state index in [4.69, 9.17) is 4.98 Å². The number of anilines is 2. The predicted octanol–water partition coefficient (Wildman–Crippen LogP) is 4.52. The number of hydrogen-bond donors (Lipinski definition) is 1. The lowest BCUT2D eigenvalue weighted by Crippen LogP contribution is -2.51. The Balaban J connectivity index is 1.34. The average molecular weight is 486 g/mol. The minimum Gasteiger partial charge on any atom is -0.348 e. The second kappa shape index (κ2) is 10.2. The van der Waals surface area contributed by atoms with Gasteiger partial charge in [-0.05, 0) is 42.2 Å². The molecule has 1 fully saturated rings. The van der Waals surface area contributed by atoms with Crippen molar-refractivity contribution in [1.82, 2.24) is 14.5 Å². The van der Waals surface area contributed by atoms with Gasteiger partial charge in [0.2, 0.25) is 0 Å². The molecule has 0 bridgehead atoms. The van der Waals surface area contributed by atoms with Crippen LogP contribution in [-0.4, -0.2) is 52.9 Å². The number of hydrogen-bond acceptors (Lipinski definition) is 5. The van der Waals surface area contributed by atoms with Gasteiger partial charge in [0.15, 0.2) is 5.82 Å². The number of piperazine rings is 1. The van der Waals surface area contributed by atoms with Gasteiger partial charge in [0.25, 0.3) is 5.56 Å². The van der Waals surface area contributed by atoms with Crippen molar-refractivity contribution in [2.24, 2.45) is 0 Å². The third-order valence-electron chi connectivity index (χ3n) is 6.21. The molecule has 0 saturated carbocycles. The Hall–Kier alpha value is -3.78. The summed E-state index contributed by atoms with van der Waals surface area (Å²) in [4.78, 5) is 36.0. The zero-order valence-electron chi connectivity index (χ0n) is 19.6. The van der Waals surface area contributed by atoms with Crippen LogP contribution < -0.4 is 15.8 Å². The van der Waals surface area contributed by atoms with Crippen molar-refractivity contribution < 1.29 is 4.79 Å². The van der Waals surface area contributed by atoms with Crippen molar-refractivity contribution in [3.8, 4) is 0 Å². The van der Waals surface area contributed by atoms with Crippen LogP contribution in [0.4, 0.5) is 16.3 Å². The molecule has 1 aliphatic heterocycles. The zero-order valence-corrected chi connectivity index (χ0v) is 20.4. The van der Waals surface area contributed by atoms with Gasteiger partial charge in [-0.1, -0.05) is 48.5 Å². The van der Waals surface area contributed by atoms with Gasteiger partial charge >= 0.3 is 6.03 Å². The maximum atomic E-state index is 13.6. The Morgan fingerprint density at radius 2 is 1.69 bits per heavy atom. The maximum Gasteiger partial charge on any atom is 0.321 e. The van der Waals surface area contributed by atoms with Crippen LogP contribution in [0.2, 0.25) is 0 Å². The molecule has 0 radical (unpaired) electrons. The first kappa shape index (κ1) is 23.0. The Labute approximate surface area is 208 Å². The molecule has 1 aromatic heterocycles. The SMILES string of the molecule is CSc1cccc(NC(=O)N2CCN(c3nc4ccccc4n(Cc4ccccc4)c3=O)CC2)c1. The van der Waals surface area contributed by atoms with Crippen molar-refractivity contribution >= 4 is 40.3 Å². The highest BCUT2D eigenvalue weighted by molar-refractivity contribution is 7.98. The van der Waals surface area contributed by atoms with E-state index in [0.717, 1.165) is 27.2 Å². The second-order valence-electron chi connectivity index (χ2n) is 8.44. The fourth-order valence-corrected chi connectivity index (χ4v) is 4.79. The highest BCUT2D eigenvalue weighted by atomic mass is 32.2. The number of carbonyl (C=O) groups is 1. The van der Waals surface area contributed by atoms with E-state index in [2.05, 4.69) is 5.32 Å². The molecule has 0 atom stereocenters. The van der Waals surface area contributed by atoms with Crippen molar-refractivity contribution in [3.05, 3.63) is 94.8 Å². The number of aromatic nitrogens is 2. The van der Waals surface area contributed by atoms with E-state index >= 15 is 0 Å². The van der Waals surface area contributed by atoms with Crippen LogP contribution in [0, 0.1) is 0 Å². The summed E-state index contributed by atoms with van der Waals surface area (Å²) in [6, 6.07) is 25.4. The molecule has 1 saturated heterocycles. The van der Waals surface area contributed by atoms with E-state index in [1.54, 1.807) is 21.2 Å². The molecule has 35 heavy (non-hydrogen) atoms. The Morgan fingerprint density at radius 1 is 0.943 bits per heavy atom. The van der Waals surface area contributed by atoms with Gasteiger partial charge in [0.05, 0.1) is 17.6 Å². The number of nitrogens with one attached hydrogen (secondary N) is 1. The number of nitrogens with zero attached hydrogens (tertiary/aromatic N) is 4. The van der Waals surface area contributed by atoms with E-state index < -0.39 is 0 Å². The van der Waals surface area contributed by atoms with E-state index in [1.807, 2.05) is 90.0 Å². The minimum absolute atomic E-state index is 0.112. The van der Waals surface area contributed by atoms with Crippen LogP contribution in [0.15, 0.2) is 88.6 Å². The summed E-state index contributed by atoms with van der Waals surface area (Å²) >= 11 is 1.64. The lowest BCUT2D eigenvalue weighted by molar-refractivity contribution is 0.208. The topological polar surface area (TPSA) is 70.5 Å². The third-order valence-corrected chi connectivity index (χ3v) is 6.93. The van der Waals surface area contributed by atoms with Gasteiger partial charge in [0, 0.05) is 36.8 Å². The summed E-state index contributed by atoms with van der Waals surface area (Å²) in [6.45, 7) is 2.60. The summed E-state index contributed by atoms with van der Waals surface area (Å²) in [5, 5.41) is 2.99. The van der Waals surface area contributed by atoms with Crippen molar-refractivity contribution in [1.29, 1.82) is 0 Å². The fourth-order valence-electron chi connectivity index (χ4n) is 4.33. The molecule has 8 heteroatoms. The molecule has 5 rings (SSSR count). The number of fused-ring (bicyclic) bond motifs is 1. The van der Waals surface area contributed by atoms with Gasteiger partial charge in [0.1, 0.15) is 0 Å². The second-order valence-corrected chi connectivity index (χ2v) is 9.32. The molecular weight excluding hydrogens is 458 g/mol. The first-order valence-electron chi connectivity index (χ1n) is 11.6. The van der Waals surface area contributed by atoms with Gasteiger partial charge in [-0.15, -0.1) is 11.8 Å². The van der Waals surface area contributed by atoms with Crippen molar-refractivity contribution in [2.75, 3.05) is 42.7 Å². The van der Waals surface area contributed by atoms with E-state index in [9.17, 15) is 9.59 Å². The lowest BCUT2D eigenvalue weighted by atomic mass is 10.2. The van der Waals surface area contributed by atoms with Crippen LogP contribution in [0.25, 0.3) is 11.0 Å². The number of urea groups is 1. The standard InChI is InChI=1S/C27H27N5O2S/c1-35-22-11-7-10-21(18-22)28-27(34)31-16-14-30(15-17-31)25-26(33)32(19-20-8-3-2-4-9-20)24-13-6-5-12-23(24)29-25/h2-13,18H,14-17,19H2,1H3,(H,28,34). The van der Waals surface area contributed by atoms with Crippen LogP contribution in [0.1, 0.15) is 5.56 Å². The molecule has 1 aliphatic rings. The smallest absolute Gasteiger partial charge is 0.321 e. The molecular formula is C27H27N5O2S. The summed E-state index contributed by atoms with van der Waals surface area (Å²) < 4.78 is 1.80. The first-order valence-corrected chi connectivity index (χ1v) is 12.8.